The highest BCUT2D eigenvalue weighted by atomic mass is 79.9. The molecule has 0 fully saturated rings. The summed E-state index contributed by atoms with van der Waals surface area (Å²) >= 11 is 4.80. The zero-order valence-electron chi connectivity index (χ0n) is 11.4. The Hall–Kier alpha value is -1.27. The average molecular weight is 370 g/mol. The van der Waals surface area contributed by atoms with Crippen molar-refractivity contribution >= 4 is 33.2 Å². The van der Waals surface area contributed by atoms with E-state index >= 15 is 0 Å². The minimum absolute atomic E-state index is 0.234. The molecule has 0 aliphatic heterocycles. The van der Waals surface area contributed by atoms with Crippen LogP contribution in [0.1, 0.15) is 29.8 Å². The molecule has 0 saturated carbocycles. The van der Waals surface area contributed by atoms with Crippen LogP contribution in [0.25, 0.3) is 10.6 Å². The fourth-order valence-corrected chi connectivity index (χ4v) is 3.99. The van der Waals surface area contributed by atoms with Gasteiger partial charge in [0, 0.05) is 14.9 Å². The molecule has 21 heavy (non-hydrogen) atoms. The number of fused-ring (bicyclic) bond motifs is 1. The number of hydrogen-bond donors (Lipinski definition) is 0. The summed E-state index contributed by atoms with van der Waals surface area (Å²) in [7, 11) is 0. The van der Waals surface area contributed by atoms with Crippen molar-refractivity contribution in [2.24, 2.45) is 0 Å². The molecule has 1 aliphatic carbocycles. The maximum atomic E-state index is 13.9. The van der Waals surface area contributed by atoms with E-state index in [0.717, 1.165) is 27.9 Å². The molecule has 3 rings (SSSR count). The molecule has 0 saturated heterocycles. The number of nitrogens with zero attached hydrogens (tertiary/aromatic N) is 1. The number of aromatic nitrogens is 1. The van der Waals surface area contributed by atoms with E-state index < -0.39 is 0 Å². The lowest BCUT2D eigenvalue weighted by molar-refractivity contribution is -0.145. The van der Waals surface area contributed by atoms with E-state index in [2.05, 4.69) is 20.9 Å². The van der Waals surface area contributed by atoms with E-state index in [-0.39, 0.29) is 17.7 Å². The monoisotopic (exact) mass is 369 g/mol. The Bertz CT molecular complexity index is 701. The molecule has 1 aromatic carbocycles. The third kappa shape index (κ3) is 2.74. The SMILES string of the molecule is CCOC(=O)C1CCc2sc(-c3cc(Br)ccc3F)nc21. The van der Waals surface area contributed by atoms with Crippen molar-refractivity contribution in [1.29, 1.82) is 0 Å². The third-order valence-corrected chi connectivity index (χ3v) is 5.11. The van der Waals surface area contributed by atoms with E-state index in [1.807, 2.05) is 0 Å². The predicted molar refractivity (Wildman–Crippen MR) is 82.9 cm³/mol. The molecule has 1 atom stereocenters. The summed E-state index contributed by atoms with van der Waals surface area (Å²) in [6, 6.07) is 4.78. The average Bonchev–Trinajstić information content (AvgIpc) is 3.01. The van der Waals surface area contributed by atoms with Crippen LogP contribution < -0.4 is 0 Å². The molecule has 1 aliphatic rings. The van der Waals surface area contributed by atoms with Gasteiger partial charge in [0.2, 0.25) is 0 Å². The van der Waals surface area contributed by atoms with Crippen LogP contribution in [0, 0.1) is 5.82 Å². The Morgan fingerprint density at radius 3 is 3.14 bits per heavy atom. The van der Waals surface area contributed by atoms with E-state index in [9.17, 15) is 9.18 Å². The predicted octanol–water partition coefficient (Wildman–Crippen LogP) is 4.30. The maximum Gasteiger partial charge on any atom is 0.315 e. The lowest BCUT2D eigenvalue weighted by Gasteiger charge is -2.08. The molecule has 3 nitrogen and oxygen atoms in total. The number of benzene rings is 1. The Morgan fingerprint density at radius 2 is 2.38 bits per heavy atom. The standard InChI is InChI=1S/C15H13BrFNO2S/c1-2-20-15(19)9-4-6-12-13(9)18-14(21-12)10-7-8(16)3-5-11(10)17/h3,5,7,9H,2,4,6H2,1H3. The zero-order valence-corrected chi connectivity index (χ0v) is 13.8. The van der Waals surface area contributed by atoms with Gasteiger partial charge in [0.05, 0.1) is 12.3 Å². The van der Waals surface area contributed by atoms with E-state index in [0.29, 0.717) is 17.2 Å². The molecular weight excluding hydrogens is 357 g/mol. The van der Waals surface area contributed by atoms with Crippen LogP contribution >= 0.6 is 27.3 Å². The minimum atomic E-state index is -0.307. The number of hydrogen-bond acceptors (Lipinski definition) is 4. The summed E-state index contributed by atoms with van der Waals surface area (Å²) in [6.45, 7) is 2.15. The van der Waals surface area contributed by atoms with Gasteiger partial charge >= 0.3 is 5.97 Å². The number of halogens is 2. The molecule has 0 bridgehead atoms. The smallest absolute Gasteiger partial charge is 0.315 e. The van der Waals surface area contributed by atoms with Gasteiger partial charge in [-0.25, -0.2) is 9.37 Å². The van der Waals surface area contributed by atoms with Gasteiger partial charge in [-0.3, -0.25) is 4.79 Å². The summed E-state index contributed by atoms with van der Waals surface area (Å²) < 4.78 is 19.8. The first kappa shape index (κ1) is 14.7. The van der Waals surface area contributed by atoms with Crippen LogP contribution in [0.3, 0.4) is 0 Å². The van der Waals surface area contributed by atoms with E-state index in [1.165, 1.54) is 17.4 Å². The van der Waals surface area contributed by atoms with Crippen LogP contribution in [-0.4, -0.2) is 17.6 Å². The van der Waals surface area contributed by atoms with Crippen molar-refractivity contribution in [2.45, 2.75) is 25.7 Å². The number of rotatable bonds is 3. The van der Waals surface area contributed by atoms with Crippen molar-refractivity contribution in [2.75, 3.05) is 6.61 Å². The molecule has 0 radical (unpaired) electrons. The van der Waals surface area contributed by atoms with Crippen molar-refractivity contribution < 1.29 is 13.9 Å². The van der Waals surface area contributed by atoms with Crippen LogP contribution in [-0.2, 0) is 16.0 Å². The van der Waals surface area contributed by atoms with Gasteiger partial charge in [0.1, 0.15) is 16.7 Å². The number of ether oxygens (including phenoxy) is 1. The fourth-order valence-electron chi connectivity index (χ4n) is 2.48. The minimum Gasteiger partial charge on any atom is -0.465 e. The van der Waals surface area contributed by atoms with Crippen LogP contribution in [0.15, 0.2) is 22.7 Å². The second kappa shape index (κ2) is 5.85. The summed E-state index contributed by atoms with van der Waals surface area (Å²) in [5.41, 5.74) is 1.22. The summed E-state index contributed by atoms with van der Waals surface area (Å²) in [5.74, 6) is -0.846. The molecule has 2 aromatic rings. The molecule has 1 aromatic heterocycles. The van der Waals surface area contributed by atoms with Crippen LogP contribution in [0.4, 0.5) is 4.39 Å². The van der Waals surface area contributed by atoms with Crippen molar-refractivity contribution in [3.8, 4) is 10.6 Å². The molecule has 0 spiro atoms. The van der Waals surface area contributed by atoms with Gasteiger partial charge in [-0.2, -0.15) is 0 Å². The summed E-state index contributed by atoms with van der Waals surface area (Å²) in [6.07, 6.45) is 1.53. The highest BCUT2D eigenvalue weighted by Gasteiger charge is 2.34. The van der Waals surface area contributed by atoms with Crippen molar-refractivity contribution in [1.82, 2.24) is 4.98 Å². The number of carbonyl (C=O) groups is 1. The first-order valence-corrected chi connectivity index (χ1v) is 8.32. The third-order valence-electron chi connectivity index (χ3n) is 3.45. The van der Waals surface area contributed by atoms with Crippen LogP contribution in [0.2, 0.25) is 0 Å². The second-order valence-electron chi connectivity index (χ2n) is 4.79. The van der Waals surface area contributed by atoms with Crippen molar-refractivity contribution in [3.05, 3.63) is 39.1 Å². The van der Waals surface area contributed by atoms with Gasteiger partial charge in [-0.05, 0) is 38.0 Å². The molecule has 1 unspecified atom stereocenters. The highest BCUT2D eigenvalue weighted by Crippen LogP contribution is 2.41. The molecule has 1 heterocycles. The Morgan fingerprint density at radius 1 is 1.57 bits per heavy atom. The molecule has 0 amide bonds. The van der Waals surface area contributed by atoms with E-state index in [4.69, 9.17) is 4.74 Å². The van der Waals surface area contributed by atoms with Gasteiger partial charge in [0.15, 0.2) is 0 Å². The van der Waals surface area contributed by atoms with Gasteiger partial charge in [0.25, 0.3) is 0 Å². The van der Waals surface area contributed by atoms with Crippen LogP contribution in [0.5, 0.6) is 0 Å². The largest absolute Gasteiger partial charge is 0.465 e. The molecular formula is C15H13BrFNO2S. The first-order chi connectivity index (χ1) is 10.1. The Labute approximate surface area is 134 Å². The summed E-state index contributed by atoms with van der Waals surface area (Å²) in [5, 5.41) is 0.618. The highest BCUT2D eigenvalue weighted by molar-refractivity contribution is 9.10. The maximum absolute atomic E-state index is 13.9. The molecule has 6 heteroatoms. The first-order valence-electron chi connectivity index (χ1n) is 6.71. The number of carbonyl (C=O) groups excluding carboxylic acids is 1. The normalized spacial score (nSPS) is 16.8. The Balaban J connectivity index is 1.97. The Kier molecular flexibility index (Phi) is 4.08. The number of aryl methyl sites for hydroxylation is 1. The second-order valence-corrected chi connectivity index (χ2v) is 6.79. The lowest BCUT2D eigenvalue weighted by Crippen LogP contribution is -2.14. The van der Waals surface area contributed by atoms with Gasteiger partial charge in [-0.1, -0.05) is 15.9 Å². The topological polar surface area (TPSA) is 39.2 Å². The lowest BCUT2D eigenvalue weighted by atomic mass is 10.1. The van der Waals surface area contributed by atoms with Crippen molar-refractivity contribution in [3.63, 3.8) is 0 Å². The number of esters is 1. The van der Waals surface area contributed by atoms with Gasteiger partial charge in [-0.15, -0.1) is 11.3 Å². The summed E-state index contributed by atoms with van der Waals surface area (Å²) in [4.78, 5) is 17.5. The quantitative estimate of drug-likeness (QED) is 0.756. The fraction of sp³-hybridized carbons (Fsp3) is 0.333. The number of thiazole rings is 1. The van der Waals surface area contributed by atoms with Gasteiger partial charge < -0.3 is 4.74 Å². The molecule has 0 N–H and O–H groups in total. The van der Waals surface area contributed by atoms with E-state index in [1.54, 1.807) is 19.1 Å². The zero-order chi connectivity index (χ0) is 15.0. The molecule has 110 valence electrons.